The van der Waals surface area contributed by atoms with Crippen LogP contribution in [0.15, 0.2) is 0 Å². The van der Waals surface area contributed by atoms with Crippen molar-refractivity contribution in [2.24, 2.45) is 5.92 Å². The van der Waals surface area contributed by atoms with Crippen LogP contribution in [-0.2, 0) is 0 Å². The van der Waals surface area contributed by atoms with Gasteiger partial charge in [0.15, 0.2) is 0 Å². The molecule has 1 N–H and O–H groups in total. The van der Waals surface area contributed by atoms with Crippen LogP contribution in [-0.4, -0.2) is 18.8 Å². The molecule has 0 saturated carbocycles. The molecule has 1 aliphatic heterocycles. The second kappa shape index (κ2) is 3.36. The highest BCUT2D eigenvalue weighted by atomic mass is 32.1. The fourth-order valence-corrected chi connectivity index (χ4v) is 1.51. The van der Waals surface area contributed by atoms with E-state index in [0.717, 1.165) is 11.7 Å². The molecule has 1 atom stereocenters. The summed E-state index contributed by atoms with van der Waals surface area (Å²) in [7, 11) is 0. The summed E-state index contributed by atoms with van der Waals surface area (Å²) >= 11 is 4.17. The first kappa shape index (κ1) is 6.43. The van der Waals surface area contributed by atoms with Gasteiger partial charge in [0.2, 0.25) is 0 Å². The molecule has 1 fully saturated rings. The molecule has 0 aromatic carbocycles. The quantitative estimate of drug-likeness (QED) is 0.531. The highest BCUT2D eigenvalue weighted by Gasteiger charge is 2.11. The topological polar surface area (TPSA) is 12.0 Å². The van der Waals surface area contributed by atoms with Gasteiger partial charge < -0.3 is 5.32 Å². The zero-order valence-corrected chi connectivity index (χ0v) is 5.95. The molecule has 0 aromatic rings. The number of thiol groups is 1. The second-order valence-corrected chi connectivity index (χ2v) is 2.82. The minimum Gasteiger partial charge on any atom is -0.316 e. The van der Waals surface area contributed by atoms with E-state index in [1.54, 1.807) is 0 Å². The fraction of sp³-hybridized carbons (Fsp3) is 1.00. The van der Waals surface area contributed by atoms with Gasteiger partial charge in [-0.1, -0.05) is 0 Å². The Morgan fingerprint density at radius 3 is 3.00 bits per heavy atom. The van der Waals surface area contributed by atoms with E-state index < -0.39 is 0 Å². The number of rotatable bonds is 2. The molecule has 48 valence electrons. The predicted octanol–water partition coefficient (Wildman–Crippen LogP) is 0.916. The maximum absolute atomic E-state index is 4.17. The van der Waals surface area contributed by atoms with Crippen LogP contribution in [0.1, 0.15) is 12.8 Å². The number of nitrogens with one attached hydrogen (secondary N) is 1. The lowest BCUT2D eigenvalue weighted by Crippen LogP contribution is -2.08. The van der Waals surface area contributed by atoms with Crippen LogP contribution in [0, 0.1) is 5.92 Å². The number of hydrogen-bond donors (Lipinski definition) is 2. The molecule has 1 heterocycles. The molecule has 0 amide bonds. The van der Waals surface area contributed by atoms with Crippen molar-refractivity contribution >= 4 is 12.6 Å². The van der Waals surface area contributed by atoms with Gasteiger partial charge in [0.05, 0.1) is 0 Å². The lowest BCUT2D eigenvalue weighted by Gasteiger charge is -2.02. The van der Waals surface area contributed by atoms with Crippen molar-refractivity contribution in [3.8, 4) is 0 Å². The Labute approximate surface area is 56.3 Å². The monoisotopic (exact) mass is 131 g/mol. The minimum atomic E-state index is 0.924. The molecule has 0 aromatic heterocycles. The molecule has 0 aliphatic carbocycles. The van der Waals surface area contributed by atoms with Crippen molar-refractivity contribution in [3.05, 3.63) is 0 Å². The Morgan fingerprint density at radius 1 is 1.62 bits per heavy atom. The van der Waals surface area contributed by atoms with Crippen LogP contribution >= 0.6 is 12.6 Å². The van der Waals surface area contributed by atoms with Crippen LogP contribution in [0.2, 0.25) is 0 Å². The van der Waals surface area contributed by atoms with Crippen molar-refractivity contribution in [3.63, 3.8) is 0 Å². The van der Waals surface area contributed by atoms with Gasteiger partial charge in [-0.05, 0) is 37.6 Å². The zero-order chi connectivity index (χ0) is 5.82. The molecule has 1 saturated heterocycles. The molecule has 2 heteroatoms. The molecule has 1 rings (SSSR count). The van der Waals surface area contributed by atoms with Gasteiger partial charge in [-0.15, -0.1) is 0 Å². The van der Waals surface area contributed by atoms with E-state index >= 15 is 0 Å². The summed E-state index contributed by atoms with van der Waals surface area (Å²) in [5.74, 6) is 1.97. The number of hydrogen-bond acceptors (Lipinski definition) is 2. The van der Waals surface area contributed by atoms with E-state index in [9.17, 15) is 0 Å². The maximum atomic E-state index is 4.17. The summed E-state index contributed by atoms with van der Waals surface area (Å²) in [5.41, 5.74) is 0. The summed E-state index contributed by atoms with van der Waals surface area (Å²) in [6, 6.07) is 0. The van der Waals surface area contributed by atoms with Crippen molar-refractivity contribution in [2.75, 3.05) is 18.8 Å². The smallest absolute Gasteiger partial charge is 0.00197 e. The Hall–Kier alpha value is 0.310. The van der Waals surface area contributed by atoms with Gasteiger partial charge in [-0.3, -0.25) is 0 Å². The third kappa shape index (κ3) is 1.67. The minimum absolute atomic E-state index is 0.924. The second-order valence-electron chi connectivity index (χ2n) is 2.37. The Bertz CT molecular complexity index is 59.5. The first-order valence-corrected chi connectivity index (χ1v) is 3.88. The van der Waals surface area contributed by atoms with Crippen LogP contribution in [0.5, 0.6) is 0 Å². The SMILES string of the molecule is SCC[C@@H]1CCNC1. The summed E-state index contributed by atoms with van der Waals surface area (Å²) in [4.78, 5) is 0. The van der Waals surface area contributed by atoms with E-state index in [4.69, 9.17) is 0 Å². The van der Waals surface area contributed by atoms with E-state index in [0.29, 0.717) is 0 Å². The van der Waals surface area contributed by atoms with Gasteiger partial charge in [0.1, 0.15) is 0 Å². The molecule has 0 radical (unpaired) electrons. The fourth-order valence-electron chi connectivity index (χ4n) is 1.14. The lowest BCUT2D eigenvalue weighted by atomic mass is 10.1. The van der Waals surface area contributed by atoms with Crippen molar-refractivity contribution < 1.29 is 0 Å². The standard InChI is InChI=1S/C6H13NS/c8-4-2-6-1-3-7-5-6/h6-8H,1-5H2/t6-/m0/s1. The molecule has 0 bridgehead atoms. The third-order valence-electron chi connectivity index (χ3n) is 1.70. The van der Waals surface area contributed by atoms with Gasteiger partial charge in [-0.2, -0.15) is 12.6 Å². The normalized spacial score (nSPS) is 28.9. The third-order valence-corrected chi connectivity index (χ3v) is 1.96. The maximum Gasteiger partial charge on any atom is -0.00197 e. The average Bonchev–Trinajstić information content (AvgIpc) is 2.19. The lowest BCUT2D eigenvalue weighted by molar-refractivity contribution is 0.568. The van der Waals surface area contributed by atoms with Crippen LogP contribution in [0.4, 0.5) is 0 Å². The van der Waals surface area contributed by atoms with Crippen molar-refractivity contribution in [1.82, 2.24) is 5.32 Å². The Kier molecular flexibility index (Phi) is 2.70. The first-order chi connectivity index (χ1) is 3.93. The van der Waals surface area contributed by atoms with E-state index in [2.05, 4.69) is 17.9 Å². The van der Waals surface area contributed by atoms with Gasteiger partial charge in [0, 0.05) is 0 Å². The van der Waals surface area contributed by atoms with E-state index in [1.807, 2.05) is 0 Å². The highest BCUT2D eigenvalue weighted by Crippen LogP contribution is 2.11. The summed E-state index contributed by atoms with van der Waals surface area (Å²) in [5, 5.41) is 3.32. The van der Waals surface area contributed by atoms with E-state index in [1.165, 1.54) is 25.9 Å². The molecule has 8 heavy (non-hydrogen) atoms. The highest BCUT2D eigenvalue weighted by molar-refractivity contribution is 7.80. The van der Waals surface area contributed by atoms with Crippen molar-refractivity contribution in [2.45, 2.75) is 12.8 Å². The summed E-state index contributed by atoms with van der Waals surface area (Å²) in [6.07, 6.45) is 2.65. The largest absolute Gasteiger partial charge is 0.316 e. The summed E-state index contributed by atoms with van der Waals surface area (Å²) < 4.78 is 0. The van der Waals surface area contributed by atoms with Crippen molar-refractivity contribution in [1.29, 1.82) is 0 Å². The zero-order valence-electron chi connectivity index (χ0n) is 5.06. The Morgan fingerprint density at radius 2 is 2.50 bits per heavy atom. The molecule has 0 spiro atoms. The van der Waals surface area contributed by atoms with E-state index in [-0.39, 0.29) is 0 Å². The van der Waals surface area contributed by atoms with Crippen LogP contribution in [0.3, 0.4) is 0 Å². The first-order valence-electron chi connectivity index (χ1n) is 3.25. The van der Waals surface area contributed by atoms with Gasteiger partial charge in [-0.25, -0.2) is 0 Å². The van der Waals surface area contributed by atoms with Crippen LogP contribution < -0.4 is 5.32 Å². The molecule has 1 nitrogen and oxygen atoms in total. The predicted molar refractivity (Wildman–Crippen MR) is 39.4 cm³/mol. The van der Waals surface area contributed by atoms with Gasteiger partial charge in [0.25, 0.3) is 0 Å². The van der Waals surface area contributed by atoms with Gasteiger partial charge >= 0.3 is 0 Å². The molecule has 0 unspecified atom stereocenters. The van der Waals surface area contributed by atoms with Crippen LogP contribution in [0.25, 0.3) is 0 Å². The molecular formula is C6H13NS. The molecular weight excluding hydrogens is 118 g/mol. The average molecular weight is 131 g/mol. The summed E-state index contributed by atoms with van der Waals surface area (Å²) in [6.45, 7) is 2.44. The Balaban J connectivity index is 2.06. The molecule has 1 aliphatic rings.